The summed E-state index contributed by atoms with van der Waals surface area (Å²) in [5, 5.41) is 0. The number of hydrogen-bond donors (Lipinski definition) is 0. The lowest BCUT2D eigenvalue weighted by Crippen LogP contribution is -2.08. The first-order chi connectivity index (χ1) is 7.90. The Labute approximate surface area is 104 Å². The van der Waals surface area contributed by atoms with Crippen LogP contribution in [0, 0.1) is 6.92 Å². The third kappa shape index (κ3) is 5.34. The number of ether oxygens (including phenoxy) is 1. The topological polar surface area (TPSA) is 21.6 Å². The van der Waals surface area contributed by atoms with E-state index in [-0.39, 0.29) is 5.54 Å². The van der Waals surface area contributed by atoms with E-state index in [0.29, 0.717) is 0 Å². The maximum Gasteiger partial charge on any atom is 0.119 e. The van der Waals surface area contributed by atoms with Crippen LogP contribution >= 0.6 is 0 Å². The minimum Gasteiger partial charge on any atom is -0.497 e. The molecule has 0 unspecified atom stereocenters. The molecule has 0 radical (unpaired) electrons. The average molecular weight is 231 g/mol. The Balaban J connectivity index is 2.78. The summed E-state index contributed by atoms with van der Waals surface area (Å²) in [6, 6.07) is 6.14. The SMILES string of the molecule is COc1cc(C)cc(/C=C/C=NC(C)(C)C)c1. The van der Waals surface area contributed by atoms with Crippen molar-refractivity contribution in [1.29, 1.82) is 0 Å². The molecule has 0 aliphatic rings. The quantitative estimate of drug-likeness (QED) is 0.723. The average Bonchev–Trinajstić information content (AvgIpc) is 2.22. The number of nitrogens with zero attached hydrogens (tertiary/aromatic N) is 1. The van der Waals surface area contributed by atoms with Gasteiger partial charge in [0.2, 0.25) is 0 Å². The second-order valence-corrected chi connectivity index (χ2v) is 5.09. The number of rotatable bonds is 3. The number of aliphatic imine (C=N–C) groups is 1. The predicted molar refractivity (Wildman–Crippen MR) is 75.0 cm³/mol. The van der Waals surface area contributed by atoms with Crippen LogP contribution in [0.5, 0.6) is 5.75 Å². The van der Waals surface area contributed by atoms with Gasteiger partial charge in [0, 0.05) is 6.21 Å². The predicted octanol–water partition coefficient (Wildman–Crippen LogP) is 3.89. The van der Waals surface area contributed by atoms with E-state index in [9.17, 15) is 0 Å². The molecule has 2 nitrogen and oxygen atoms in total. The smallest absolute Gasteiger partial charge is 0.119 e. The van der Waals surface area contributed by atoms with Crippen LogP contribution in [0.15, 0.2) is 29.3 Å². The largest absolute Gasteiger partial charge is 0.497 e. The van der Waals surface area contributed by atoms with Gasteiger partial charge in [-0.05, 0) is 57.0 Å². The van der Waals surface area contributed by atoms with Crippen molar-refractivity contribution in [3.05, 3.63) is 35.4 Å². The summed E-state index contributed by atoms with van der Waals surface area (Å²) in [4.78, 5) is 4.39. The standard InChI is InChI=1S/C15H21NO/c1-12-9-13(11-14(10-12)17-5)7-6-8-16-15(2,3)4/h6-11H,1-5H3/b7-6+,16-8?. The van der Waals surface area contributed by atoms with Gasteiger partial charge in [-0.15, -0.1) is 0 Å². The second-order valence-electron chi connectivity index (χ2n) is 5.09. The van der Waals surface area contributed by atoms with E-state index in [1.54, 1.807) is 7.11 Å². The molecule has 2 heteroatoms. The molecule has 0 fully saturated rings. The molecule has 0 atom stereocenters. The van der Waals surface area contributed by atoms with Crippen molar-refractivity contribution in [2.75, 3.05) is 7.11 Å². The van der Waals surface area contributed by atoms with Gasteiger partial charge in [-0.1, -0.05) is 12.1 Å². The molecule has 0 amide bonds. The lowest BCUT2D eigenvalue weighted by Gasteiger charge is -2.09. The van der Waals surface area contributed by atoms with Gasteiger partial charge in [-0.3, -0.25) is 4.99 Å². The molecule has 0 spiro atoms. The Morgan fingerprint density at radius 1 is 1.18 bits per heavy atom. The zero-order valence-corrected chi connectivity index (χ0v) is 11.3. The molecule has 0 bridgehead atoms. The molecule has 0 aliphatic heterocycles. The molecule has 1 aromatic carbocycles. The van der Waals surface area contributed by atoms with Crippen LogP contribution in [0.25, 0.3) is 6.08 Å². The van der Waals surface area contributed by atoms with Crippen LogP contribution < -0.4 is 4.74 Å². The summed E-state index contributed by atoms with van der Waals surface area (Å²) in [5.41, 5.74) is 2.30. The van der Waals surface area contributed by atoms with E-state index in [1.807, 2.05) is 30.5 Å². The summed E-state index contributed by atoms with van der Waals surface area (Å²) < 4.78 is 5.23. The summed E-state index contributed by atoms with van der Waals surface area (Å²) in [6.45, 7) is 8.29. The molecule has 0 N–H and O–H groups in total. The second kappa shape index (κ2) is 5.67. The molecule has 0 saturated carbocycles. The fraction of sp³-hybridized carbons (Fsp3) is 0.400. The Bertz CT molecular complexity index is 425. The first kappa shape index (κ1) is 13.5. The summed E-state index contributed by atoms with van der Waals surface area (Å²) >= 11 is 0. The maximum absolute atomic E-state index is 5.23. The molecular weight excluding hydrogens is 210 g/mol. The fourth-order valence-corrected chi connectivity index (χ4v) is 1.41. The highest BCUT2D eigenvalue weighted by Crippen LogP contribution is 2.17. The highest BCUT2D eigenvalue weighted by molar-refractivity contribution is 5.78. The van der Waals surface area contributed by atoms with Crippen LogP contribution in [-0.4, -0.2) is 18.9 Å². The van der Waals surface area contributed by atoms with Gasteiger partial charge in [0.05, 0.1) is 12.6 Å². The number of benzene rings is 1. The van der Waals surface area contributed by atoms with E-state index in [2.05, 4.69) is 38.8 Å². The van der Waals surface area contributed by atoms with E-state index in [4.69, 9.17) is 4.74 Å². The van der Waals surface area contributed by atoms with Gasteiger partial charge in [0.15, 0.2) is 0 Å². The van der Waals surface area contributed by atoms with Crippen molar-refractivity contribution in [3.8, 4) is 5.75 Å². The van der Waals surface area contributed by atoms with E-state index in [1.165, 1.54) is 5.56 Å². The molecule has 17 heavy (non-hydrogen) atoms. The molecule has 0 aromatic heterocycles. The molecule has 0 heterocycles. The molecule has 0 saturated heterocycles. The van der Waals surface area contributed by atoms with Gasteiger partial charge in [0.25, 0.3) is 0 Å². The van der Waals surface area contributed by atoms with E-state index < -0.39 is 0 Å². The van der Waals surface area contributed by atoms with Gasteiger partial charge in [0.1, 0.15) is 5.75 Å². The summed E-state index contributed by atoms with van der Waals surface area (Å²) in [6.07, 6.45) is 5.83. The van der Waals surface area contributed by atoms with Crippen molar-refractivity contribution in [1.82, 2.24) is 0 Å². The van der Waals surface area contributed by atoms with Gasteiger partial charge >= 0.3 is 0 Å². The number of allylic oxidation sites excluding steroid dienone is 1. The van der Waals surface area contributed by atoms with Crippen LogP contribution in [0.3, 0.4) is 0 Å². The first-order valence-corrected chi connectivity index (χ1v) is 5.78. The van der Waals surface area contributed by atoms with Crippen molar-refractivity contribution in [3.63, 3.8) is 0 Å². The van der Waals surface area contributed by atoms with Gasteiger partial charge in [-0.2, -0.15) is 0 Å². The first-order valence-electron chi connectivity index (χ1n) is 5.78. The molecule has 0 aliphatic carbocycles. The molecule has 92 valence electrons. The Hall–Kier alpha value is -1.57. The van der Waals surface area contributed by atoms with Crippen LogP contribution in [0.2, 0.25) is 0 Å². The third-order valence-electron chi connectivity index (χ3n) is 2.15. The number of hydrogen-bond acceptors (Lipinski definition) is 2. The molecular formula is C15H21NO. The lowest BCUT2D eigenvalue weighted by molar-refractivity contribution is 0.414. The summed E-state index contributed by atoms with van der Waals surface area (Å²) in [5.74, 6) is 0.886. The van der Waals surface area contributed by atoms with Crippen LogP contribution in [0.1, 0.15) is 31.9 Å². The highest BCUT2D eigenvalue weighted by Gasteiger charge is 2.03. The maximum atomic E-state index is 5.23. The minimum absolute atomic E-state index is 0.0192. The molecule has 1 aromatic rings. The number of methoxy groups -OCH3 is 1. The van der Waals surface area contributed by atoms with E-state index in [0.717, 1.165) is 11.3 Å². The zero-order chi connectivity index (χ0) is 12.9. The van der Waals surface area contributed by atoms with Gasteiger partial charge in [-0.25, -0.2) is 0 Å². The van der Waals surface area contributed by atoms with Crippen LogP contribution in [-0.2, 0) is 0 Å². The van der Waals surface area contributed by atoms with Crippen molar-refractivity contribution in [2.24, 2.45) is 4.99 Å². The van der Waals surface area contributed by atoms with E-state index >= 15 is 0 Å². The van der Waals surface area contributed by atoms with Gasteiger partial charge < -0.3 is 4.74 Å². The number of aryl methyl sites for hydroxylation is 1. The van der Waals surface area contributed by atoms with Crippen LogP contribution in [0.4, 0.5) is 0 Å². The Morgan fingerprint density at radius 2 is 1.88 bits per heavy atom. The Morgan fingerprint density at radius 3 is 2.47 bits per heavy atom. The van der Waals surface area contributed by atoms with Crippen molar-refractivity contribution >= 4 is 12.3 Å². The third-order valence-corrected chi connectivity index (χ3v) is 2.15. The summed E-state index contributed by atoms with van der Waals surface area (Å²) in [7, 11) is 1.68. The minimum atomic E-state index is -0.0192. The van der Waals surface area contributed by atoms with Crippen molar-refractivity contribution in [2.45, 2.75) is 33.2 Å². The normalized spacial score (nSPS) is 12.5. The Kier molecular flexibility index (Phi) is 4.50. The zero-order valence-electron chi connectivity index (χ0n) is 11.3. The lowest BCUT2D eigenvalue weighted by atomic mass is 10.1. The molecule has 1 rings (SSSR count). The highest BCUT2D eigenvalue weighted by atomic mass is 16.5. The monoisotopic (exact) mass is 231 g/mol. The fourth-order valence-electron chi connectivity index (χ4n) is 1.41. The van der Waals surface area contributed by atoms with Crippen molar-refractivity contribution < 1.29 is 4.74 Å².